The Hall–Kier alpha value is -7.63. The van der Waals surface area contributed by atoms with E-state index in [9.17, 15) is 1.37 Å². The van der Waals surface area contributed by atoms with Gasteiger partial charge in [0.05, 0.1) is 16.5 Å². The van der Waals surface area contributed by atoms with Crippen molar-refractivity contribution < 1.29 is 9.90 Å². The smallest absolute Gasteiger partial charge is 0.164 e. The number of hydrogen-bond donors (Lipinski definition) is 0. The highest BCUT2D eigenvalue weighted by atomic mass is 16.3. The first-order chi connectivity index (χ1) is 29.4. The van der Waals surface area contributed by atoms with Crippen LogP contribution in [0.4, 0.5) is 0 Å². The minimum absolute atomic E-state index is 0.0839. The average Bonchev–Trinajstić information content (AvgIpc) is 3.86. The fourth-order valence-electron chi connectivity index (χ4n) is 7.76. The van der Waals surface area contributed by atoms with E-state index in [1.165, 1.54) is 0 Å². The molecule has 5 heteroatoms. The van der Waals surface area contributed by atoms with Gasteiger partial charge in [0.25, 0.3) is 0 Å². The van der Waals surface area contributed by atoms with Crippen LogP contribution >= 0.6 is 0 Å². The zero-order valence-electron chi connectivity index (χ0n) is 33.9. The van der Waals surface area contributed by atoms with Crippen LogP contribution in [0.25, 0.3) is 106 Å². The van der Waals surface area contributed by atoms with Gasteiger partial charge in [-0.1, -0.05) is 152 Å². The molecule has 0 saturated heterocycles. The summed E-state index contributed by atoms with van der Waals surface area (Å²) in [5, 5.41) is 3.23. The van der Waals surface area contributed by atoms with Gasteiger partial charge in [0.2, 0.25) is 0 Å². The molecule has 0 radical (unpaired) electrons. The summed E-state index contributed by atoms with van der Waals surface area (Å²) in [6.45, 7) is 0. The predicted octanol–water partition coefficient (Wildman–Crippen LogP) is 13.2. The summed E-state index contributed by atoms with van der Waals surface area (Å²) < 4.78 is 43.8. The Bertz CT molecular complexity index is 3490. The van der Waals surface area contributed by atoms with Crippen molar-refractivity contribution in [3.05, 3.63) is 194 Å². The van der Waals surface area contributed by atoms with E-state index in [0.717, 1.165) is 66.2 Å². The van der Waals surface area contributed by atoms with Crippen LogP contribution in [0.2, 0.25) is 0 Å². The summed E-state index contributed by atoms with van der Waals surface area (Å²) in [4.78, 5) is 15.0. The zero-order chi connectivity index (χ0) is 40.5. The molecule has 56 heavy (non-hydrogen) atoms. The van der Waals surface area contributed by atoms with Gasteiger partial charge in [0.1, 0.15) is 11.2 Å². The van der Waals surface area contributed by atoms with E-state index in [4.69, 9.17) is 23.5 Å². The van der Waals surface area contributed by atoms with Crippen LogP contribution in [0, 0.1) is 0 Å². The van der Waals surface area contributed by atoms with Crippen LogP contribution in [-0.4, -0.2) is 19.5 Å². The molecule has 11 aromatic rings. The third kappa shape index (κ3) is 5.37. The maximum atomic E-state index is 9.22. The third-order valence-electron chi connectivity index (χ3n) is 10.4. The Labute approximate surface area is 328 Å². The normalized spacial score (nSPS) is 12.6. The quantitative estimate of drug-likeness (QED) is 0.172. The molecule has 3 aromatic heterocycles. The Morgan fingerprint density at radius 1 is 0.393 bits per heavy atom. The van der Waals surface area contributed by atoms with Crippen LogP contribution in [0.1, 0.15) is 5.48 Å². The van der Waals surface area contributed by atoms with E-state index in [-0.39, 0.29) is 24.2 Å². The molecule has 0 spiro atoms. The molecule has 0 amide bonds. The van der Waals surface area contributed by atoms with Gasteiger partial charge in [-0.2, -0.15) is 0 Å². The highest BCUT2D eigenvalue weighted by molar-refractivity contribution is 6.10. The van der Waals surface area contributed by atoms with Gasteiger partial charge in [-0.15, -0.1) is 0 Å². The lowest BCUT2D eigenvalue weighted by Crippen LogP contribution is -2.01. The van der Waals surface area contributed by atoms with E-state index >= 15 is 0 Å². The fraction of sp³-hybridized carbons (Fsp3) is 0. The third-order valence-corrected chi connectivity index (χ3v) is 10.4. The molecule has 262 valence electrons. The van der Waals surface area contributed by atoms with Crippen LogP contribution < -0.4 is 0 Å². The summed E-state index contributed by atoms with van der Waals surface area (Å²) >= 11 is 0. The molecule has 0 bridgehead atoms. The second kappa shape index (κ2) is 13.0. The monoisotopic (exact) mass is 720 g/mol. The van der Waals surface area contributed by atoms with Gasteiger partial charge < -0.3 is 8.98 Å². The molecule has 5 nitrogen and oxygen atoms in total. The summed E-state index contributed by atoms with van der Waals surface area (Å²) in [7, 11) is 0. The molecule has 0 unspecified atom stereocenters. The molecular formula is C51H32N4O. The molecular weight excluding hydrogens is 685 g/mol. The molecule has 0 N–H and O–H groups in total. The second-order valence-electron chi connectivity index (χ2n) is 13.7. The maximum Gasteiger partial charge on any atom is 0.164 e. The molecule has 0 aliphatic carbocycles. The summed E-state index contributed by atoms with van der Waals surface area (Å²) in [5.74, 6) is 1.45. The van der Waals surface area contributed by atoms with E-state index in [1.54, 1.807) is 0 Å². The highest BCUT2D eigenvalue weighted by Gasteiger charge is 2.18. The number of hydrogen-bond acceptors (Lipinski definition) is 4. The van der Waals surface area contributed by atoms with Gasteiger partial charge in [-0.3, -0.25) is 0 Å². The van der Waals surface area contributed by atoms with Crippen LogP contribution in [0.15, 0.2) is 198 Å². The number of furan rings is 1. The van der Waals surface area contributed by atoms with Gasteiger partial charge in [-0.05, 0) is 64.7 Å². The van der Waals surface area contributed by atoms with Crippen LogP contribution in [0.5, 0.6) is 0 Å². The average molecular weight is 721 g/mol. The Morgan fingerprint density at radius 3 is 1.79 bits per heavy atom. The van der Waals surface area contributed by atoms with Crippen molar-refractivity contribution in [1.29, 1.82) is 0 Å². The number of aromatic nitrogens is 4. The molecule has 11 rings (SSSR count). The highest BCUT2D eigenvalue weighted by Crippen LogP contribution is 2.39. The molecule has 3 heterocycles. The number of benzene rings is 8. The van der Waals surface area contributed by atoms with Crippen molar-refractivity contribution in [2.24, 2.45) is 0 Å². The largest absolute Gasteiger partial charge is 0.456 e. The van der Waals surface area contributed by atoms with E-state index in [0.29, 0.717) is 39.6 Å². The second-order valence-corrected chi connectivity index (χ2v) is 13.7. The van der Waals surface area contributed by atoms with Crippen molar-refractivity contribution >= 4 is 43.7 Å². The summed E-state index contributed by atoms with van der Waals surface area (Å²) in [5.41, 5.74) is 9.85. The first kappa shape index (κ1) is 27.9. The molecule has 0 aliphatic rings. The van der Waals surface area contributed by atoms with E-state index < -0.39 is 0 Å². The molecule has 0 aliphatic heterocycles. The first-order valence-corrected chi connectivity index (χ1v) is 18.4. The molecule has 0 fully saturated rings. The van der Waals surface area contributed by atoms with Crippen molar-refractivity contribution in [1.82, 2.24) is 19.5 Å². The zero-order valence-corrected chi connectivity index (χ0v) is 29.9. The van der Waals surface area contributed by atoms with Gasteiger partial charge in [0.15, 0.2) is 17.5 Å². The topological polar surface area (TPSA) is 56.7 Å². The minimum Gasteiger partial charge on any atom is -0.456 e. The molecule has 8 aromatic carbocycles. The van der Waals surface area contributed by atoms with E-state index in [2.05, 4.69) is 36.4 Å². The van der Waals surface area contributed by atoms with Crippen LogP contribution in [0.3, 0.4) is 0 Å². The summed E-state index contributed by atoms with van der Waals surface area (Å²) in [6, 6.07) is 55.4. The lowest BCUT2D eigenvalue weighted by atomic mass is 9.94. The number of rotatable bonds is 6. The Balaban J connectivity index is 1.12. The SMILES string of the molecule is [2H]c1c([2H])c([2H])c2c(c1[2H])c1ccc(-c3ccccc3-c3ccccc3)cc1n2-c1cccc(-c2nc(-c3ccccc3)nc(-c3ccc4c(c3)oc3ccccc34)n2)c1. The van der Waals surface area contributed by atoms with Gasteiger partial charge in [-0.25, -0.2) is 15.0 Å². The number of nitrogens with zero attached hydrogens (tertiary/aromatic N) is 4. The van der Waals surface area contributed by atoms with Crippen molar-refractivity contribution in [2.45, 2.75) is 0 Å². The number of fused-ring (bicyclic) bond motifs is 6. The van der Waals surface area contributed by atoms with Gasteiger partial charge in [0, 0.05) is 43.9 Å². The minimum atomic E-state index is -0.293. The van der Waals surface area contributed by atoms with Gasteiger partial charge >= 0.3 is 0 Å². The predicted molar refractivity (Wildman–Crippen MR) is 229 cm³/mol. The maximum absolute atomic E-state index is 9.22. The molecule has 0 saturated carbocycles. The fourth-order valence-corrected chi connectivity index (χ4v) is 7.76. The van der Waals surface area contributed by atoms with Crippen molar-refractivity contribution in [3.63, 3.8) is 0 Å². The first-order valence-electron chi connectivity index (χ1n) is 20.4. The Morgan fingerprint density at radius 2 is 0.982 bits per heavy atom. The lowest BCUT2D eigenvalue weighted by Gasteiger charge is -2.13. The lowest BCUT2D eigenvalue weighted by molar-refractivity contribution is 0.669. The van der Waals surface area contributed by atoms with Crippen molar-refractivity contribution in [2.75, 3.05) is 0 Å². The number of para-hydroxylation sites is 2. The molecule has 0 atom stereocenters. The van der Waals surface area contributed by atoms with Crippen LogP contribution in [-0.2, 0) is 0 Å². The van der Waals surface area contributed by atoms with Crippen molar-refractivity contribution in [3.8, 4) is 62.1 Å². The van der Waals surface area contributed by atoms with E-state index in [1.807, 2.05) is 138 Å². The Kier molecular flexibility index (Phi) is 6.50. The standard InChI is InChI=1S/C51H32N4O/c1-3-14-33(15-4-1)39-20-7-8-21-40(39)35-26-28-42-41-22-9-11-24-45(41)55(46(42)31-35)38-19-13-18-36(30-38)50-52-49(34-16-5-2-6-17-34)53-51(54-50)37-27-29-44-43-23-10-12-25-47(43)56-48(44)32-37/h1-32H/i9D,11D,22D,24D. The summed E-state index contributed by atoms with van der Waals surface area (Å²) in [6.07, 6.45) is 0.